The number of nitrogens with two attached hydrogens (primary N) is 1. The van der Waals surface area contributed by atoms with Crippen LogP contribution in [0.3, 0.4) is 0 Å². The summed E-state index contributed by atoms with van der Waals surface area (Å²) in [5.41, 5.74) is 1.18. The lowest BCUT2D eigenvalue weighted by Gasteiger charge is -2.06. The third-order valence-corrected chi connectivity index (χ3v) is 4.19. The zero-order chi connectivity index (χ0) is 14.9. The SMILES string of the molecule is Cc1nn(Cc2ccc(Br)cc2)c(S(N)(=O)=O)c1C#N. The molecule has 0 saturated carbocycles. The first-order valence-corrected chi connectivity index (χ1v) is 7.91. The van der Waals surface area contributed by atoms with Gasteiger partial charge in [0.15, 0.2) is 5.03 Å². The van der Waals surface area contributed by atoms with E-state index in [-0.39, 0.29) is 17.1 Å². The molecule has 0 radical (unpaired) electrons. The standard InChI is InChI=1S/C12H11BrN4O2S/c1-8-11(6-14)12(20(15,18)19)17(16-8)7-9-2-4-10(13)5-3-9/h2-5H,7H2,1H3,(H2,15,18,19). The van der Waals surface area contributed by atoms with Gasteiger partial charge in [0.25, 0.3) is 10.0 Å². The number of halogens is 1. The fourth-order valence-electron chi connectivity index (χ4n) is 1.85. The summed E-state index contributed by atoms with van der Waals surface area (Å²) in [6.07, 6.45) is 0. The monoisotopic (exact) mass is 354 g/mol. The lowest BCUT2D eigenvalue weighted by molar-refractivity contribution is 0.563. The number of hydrogen-bond acceptors (Lipinski definition) is 4. The van der Waals surface area contributed by atoms with E-state index in [0.29, 0.717) is 5.69 Å². The molecule has 0 aliphatic rings. The van der Waals surface area contributed by atoms with E-state index < -0.39 is 10.0 Å². The van der Waals surface area contributed by atoms with Crippen molar-refractivity contribution < 1.29 is 8.42 Å². The maximum atomic E-state index is 11.6. The number of rotatable bonds is 3. The number of aromatic nitrogens is 2. The Morgan fingerprint density at radius 3 is 2.50 bits per heavy atom. The Morgan fingerprint density at radius 1 is 1.40 bits per heavy atom. The fraction of sp³-hybridized carbons (Fsp3) is 0.167. The summed E-state index contributed by atoms with van der Waals surface area (Å²) < 4.78 is 25.5. The average Bonchev–Trinajstić information content (AvgIpc) is 2.67. The molecule has 0 atom stereocenters. The molecule has 1 aromatic carbocycles. The normalized spacial score (nSPS) is 11.3. The van der Waals surface area contributed by atoms with Gasteiger partial charge < -0.3 is 0 Å². The van der Waals surface area contributed by atoms with Crippen LogP contribution in [0.5, 0.6) is 0 Å². The Labute approximate surface area is 125 Å². The van der Waals surface area contributed by atoms with Gasteiger partial charge in [-0.2, -0.15) is 10.4 Å². The molecule has 2 N–H and O–H groups in total. The molecule has 0 unspecified atom stereocenters. The second-order valence-electron chi connectivity index (χ2n) is 4.21. The van der Waals surface area contributed by atoms with Crippen molar-refractivity contribution in [1.29, 1.82) is 5.26 Å². The summed E-state index contributed by atoms with van der Waals surface area (Å²) in [6, 6.07) is 9.18. The van der Waals surface area contributed by atoms with Gasteiger partial charge in [-0.3, -0.25) is 0 Å². The molecule has 0 spiro atoms. The van der Waals surface area contributed by atoms with Gasteiger partial charge in [-0.25, -0.2) is 18.2 Å². The lowest BCUT2D eigenvalue weighted by Crippen LogP contribution is -2.19. The van der Waals surface area contributed by atoms with Gasteiger partial charge in [-0.05, 0) is 24.6 Å². The van der Waals surface area contributed by atoms with Crippen LogP contribution in [0.2, 0.25) is 0 Å². The smallest absolute Gasteiger partial charge is 0.247 e. The van der Waals surface area contributed by atoms with Gasteiger partial charge in [0.2, 0.25) is 0 Å². The minimum Gasteiger partial charge on any atom is -0.247 e. The van der Waals surface area contributed by atoms with Crippen molar-refractivity contribution >= 4 is 26.0 Å². The number of benzene rings is 1. The highest BCUT2D eigenvalue weighted by molar-refractivity contribution is 9.10. The number of hydrogen-bond donors (Lipinski definition) is 1. The number of nitriles is 1. The van der Waals surface area contributed by atoms with Crippen molar-refractivity contribution in [1.82, 2.24) is 9.78 Å². The Hall–Kier alpha value is -1.69. The number of aryl methyl sites for hydroxylation is 1. The van der Waals surface area contributed by atoms with Crippen LogP contribution in [0.15, 0.2) is 33.8 Å². The second kappa shape index (κ2) is 5.36. The highest BCUT2D eigenvalue weighted by atomic mass is 79.9. The summed E-state index contributed by atoms with van der Waals surface area (Å²) in [4.78, 5) is 0. The zero-order valence-electron chi connectivity index (χ0n) is 10.5. The minimum absolute atomic E-state index is 0.00962. The molecule has 0 fully saturated rings. The molecule has 1 heterocycles. The summed E-state index contributed by atoms with van der Waals surface area (Å²) in [5.74, 6) is 0. The molecule has 0 aliphatic heterocycles. The topological polar surface area (TPSA) is 102 Å². The van der Waals surface area contributed by atoms with Crippen LogP contribution in [0.4, 0.5) is 0 Å². The molecule has 0 saturated heterocycles. The summed E-state index contributed by atoms with van der Waals surface area (Å²) >= 11 is 3.32. The second-order valence-corrected chi connectivity index (χ2v) is 6.60. The van der Waals surface area contributed by atoms with Crippen LogP contribution in [-0.4, -0.2) is 18.2 Å². The van der Waals surface area contributed by atoms with Crippen molar-refractivity contribution in [2.75, 3.05) is 0 Å². The van der Waals surface area contributed by atoms with E-state index in [4.69, 9.17) is 10.4 Å². The Bertz CT molecular complexity index is 788. The van der Waals surface area contributed by atoms with Crippen LogP contribution < -0.4 is 5.14 Å². The molecule has 0 aliphatic carbocycles. The van der Waals surface area contributed by atoms with E-state index in [1.165, 1.54) is 4.68 Å². The molecule has 8 heteroatoms. The first-order valence-electron chi connectivity index (χ1n) is 5.57. The molecular weight excluding hydrogens is 344 g/mol. The highest BCUT2D eigenvalue weighted by Crippen LogP contribution is 2.19. The van der Waals surface area contributed by atoms with E-state index in [0.717, 1.165) is 10.0 Å². The van der Waals surface area contributed by atoms with Crippen LogP contribution in [0.25, 0.3) is 0 Å². The summed E-state index contributed by atoms with van der Waals surface area (Å²) in [7, 11) is -4.01. The van der Waals surface area contributed by atoms with Crippen LogP contribution in [0.1, 0.15) is 16.8 Å². The molecule has 0 bridgehead atoms. The van der Waals surface area contributed by atoms with E-state index in [9.17, 15) is 8.42 Å². The molecular formula is C12H11BrN4O2S. The molecule has 20 heavy (non-hydrogen) atoms. The lowest BCUT2D eigenvalue weighted by atomic mass is 10.2. The van der Waals surface area contributed by atoms with Gasteiger partial charge in [-0.15, -0.1) is 0 Å². The third-order valence-electron chi connectivity index (χ3n) is 2.71. The fourth-order valence-corrected chi connectivity index (χ4v) is 2.99. The number of sulfonamides is 1. The Balaban J connectivity index is 2.53. The number of nitrogens with zero attached hydrogens (tertiary/aromatic N) is 3. The predicted octanol–water partition coefficient (Wildman–Crippen LogP) is 1.52. The zero-order valence-corrected chi connectivity index (χ0v) is 12.9. The molecule has 104 valence electrons. The van der Waals surface area contributed by atoms with Crippen molar-refractivity contribution in [3.05, 3.63) is 45.6 Å². The molecule has 2 rings (SSSR count). The molecule has 2 aromatic rings. The Morgan fingerprint density at radius 2 is 2.00 bits per heavy atom. The van der Waals surface area contributed by atoms with Crippen LogP contribution in [0, 0.1) is 18.3 Å². The maximum absolute atomic E-state index is 11.6. The average molecular weight is 355 g/mol. The predicted molar refractivity (Wildman–Crippen MR) is 76.3 cm³/mol. The third kappa shape index (κ3) is 2.90. The van der Waals surface area contributed by atoms with Gasteiger partial charge in [0, 0.05) is 4.47 Å². The first kappa shape index (κ1) is 14.7. The van der Waals surface area contributed by atoms with E-state index in [1.54, 1.807) is 6.92 Å². The van der Waals surface area contributed by atoms with E-state index >= 15 is 0 Å². The molecule has 0 amide bonds. The quantitative estimate of drug-likeness (QED) is 0.902. The molecule has 1 aromatic heterocycles. The molecule has 6 nitrogen and oxygen atoms in total. The number of primary sulfonamides is 1. The Kier molecular flexibility index (Phi) is 3.94. The van der Waals surface area contributed by atoms with Gasteiger partial charge in [0.1, 0.15) is 11.6 Å². The highest BCUT2D eigenvalue weighted by Gasteiger charge is 2.24. The van der Waals surface area contributed by atoms with Crippen LogP contribution in [-0.2, 0) is 16.6 Å². The maximum Gasteiger partial charge on any atom is 0.256 e. The van der Waals surface area contributed by atoms with Crippen molar-refractivity contribution in [2.45, 2.75) is 18.5 Å². The minimum atomic E-state index is -4.01. The first-order chi connectivity index (χ1) is 9.32. The van der Waals surface area contributed by atoms with Gasteiger partial charge in [-0.1, -0.05) is 28.1 Å². The largest absolute Gasteiger partial charge is 0.256 e. The van der Waals surface area contributed by atoms with Gasteiger partial charge >= 0.3 is 0 Å². The van der Waals surface area contributed by atoms with Crippen molar-refractivity contribution in [2.24, 2.45) is 5.14 Å². The summed E-state index contributed by atoms with van der Waals surface area (Å²) in [5, 5.41) is 18.1. The van der Waals surface area contributed by atoms with Crippen LogP contribution >= 0.6 is 15.9 Å². The van der Waals surface area contributed by atoms with E-state index in [2.05, 4.69) is 21.0 Å². The summed E-state index contributed by atoms with van der Waals surface area (Å²) in [6.45, 7) is 1.80. The van der Waals surface area contributed by atoms with Gasteiger partial charge in [0.05, 0.1) is 12.2 Å². The van der Waals surface area contributed by atoms with Crippen molar-refractivity contribution in [3.63, 3.8) is 0 Å². The van der Waals surface area contributed by atoms with E-state index in [1.807, 2.05) is 30.3 Å². The van der Waals surface area contributed by atoms with Crippen molar-refractivity contribution in [3.8, 4) is 6.07 Å².